The first-order chi connectivity index (χ1) is 8.49. The molecule has 1 N–H and O–H groups in total. The van der Waals surface area contributed by atoms with E-state index in [4.69, 9.17) is 4.74 Å². The number of ketones is 1. The maximum absolute atomic E-state index is 12.1. The molecule has 102 valence electrons. The highest BCUT2D eigenvalue weighted by atomic mass is 16.6. The van der Waals surface area contributed by atoms with E-state index in [1.807, 2.05) is 13.8 Å². The summed E-state index contributed by atoms with van der Waals surface area (Å²) in [5, 5.41) is 3.32. The highest BCUT2D eigenvalue weighted by Crippen LogP contribution is 2.32. The van der Waals surface area contributed by atoms with Crippen LogP contribution in [0.4, 0.5) is 0 Å². The number of hydrogen-bond donors (Lipinski definition) is 1. The van der Waals surface area contributed by atoms with Crippen molar-refractivity contribution >= 4 is 11.8 Å². The summed E-state index contributed by atoms with van der Waals surface area (Å²) in [5.74, 6) is 0.235. The van der Waals surface area contributed by atoms with Crippen LogP contribution in [0.3, 0.4) is 0 Å². The normalized spacial score (nSPS) is 26.3. The van der Waals surface area contributed by atoms with Crippen molar-refractivity contribution in [2.75, 3.05) is 13.1 Å². The van der Waals surface area contributed by atoms with Gasteiger partial charge in [-0.05, 0) is 46.2 Å². The Bertz CT molecular complexity index is 332. The fraction of sp³-hybridized carbons (Fsp3) is 0.857. The fourth-order valence-corrected chi connectivity index (χ4v) is 2.96. The van der Waals surface area contributed by atoms with Gasteiger partial charge < -0.3 is 10.1 Å². The Morgan fingerprint density at radius 3 is 2.50 bits per heavy atom. The zero-order chi connectivity index (χ0) is 13.2. The number of piperidine rings is 1. The number of carbonyl (C=O) groups excluding carboxylic acids is 2. The molecule has 1 heterocycles. The first-order valence-electron chi connectivity index (χ1n) is 6.94. The summed E-state index contributed by atoms with van der Waals surface area (Å²) < 4.78 is 5.69. The van der Waals surface area contributed by atoms with E-state index in [1.165, 1.54) is 0 Å². The first kappa shape index (κ1) is 13.5. The van der Waals surface area contributed by atoms with E-state index < -0.39 is 5.60 Å². The molecule has 1 saturated carbocycles. The van der Waals surface area contributed by atoms with Gasteiger partial charge in [0.25, 0.3) is 0 Å². The number of ether oxygens (including phenoxy) is 1. The highest BCUT2D eigenvalue weighted by Gasteiger charge is 2.37. The van der Waals surface area contributed by atoms with Crippen LogP contribution >= 0.6 is 0 Å². The molecule has 4 nitrogen and oxygen atoms in total. The molecule has 0 aromatic carbocycles. The van der Waals surface area contributed by atoms with E-state index in [0.717, 1.165) is 25.9 Å². The monoisotopic (exact) mass is 253 g/mol. The summed E-state index contributed by atoms with van der Waals surface area (Å²) in [4.78, 5) is 23.3. The minimum Gasteiger partial charge on any atom is -0.459 e. The Labute approximate surface area is 108 Å². The number of Topliss-reactive ketones (excluding diaryl/α,β-unsaturated/α-hetero) is 1. The van der Waals surface area contributed by atoms with Crippen molar-refractivity contribution in [1.82, 2.24) is 5.32 Å². The number of rotatable bonds is 3. The third-order valence-corrected chi connectivity index (χ3v) is 4.26. The van der Waals surface area contributed by atoms with Crippen molar-refractivity contribution in [2.24, 2.45) is 11.8 Å². The molecule has 1 aliphatic heterocycles. The third kappa shape index (κ3) is 3.10. The van der Waals surface area contributed by atoms with Gasteiger partial charge in [-0.15, -0.1) is 0 Å². The standard InChI is InChI=1S/C14H23NO3/c1-14(2,11-5-7-15-8-6-11)18-13(17)10-3-4-12(16)9-10/h10-11,15H,3-9H2,1-2H3. The predicted molar refractivity (Wildman–Crippen MR) is 68.1 cm³/mol. The molecule has 2 fully saturated rings. The van der Waals surface area contributed by atoms with Gasteiger partial charge in [-0.2, -0.15) is 0 Å². The Morgan fingerprint density at radius 1 is 1.28 bits per heavy atom. The molecule has 0 bridgehead atoms. The molecule has 2 aliphatic rings. The second kappa shape index (κ2) is 5.39. The van der Waals surface area contributed by atoms with Crippen molar-refractivity contribution in [3.05, 3.63) is 0 Å². The summed E-state index contributed by atoms with van der Waals surface area (Å²) in [6.45, 7) is 5.98. The molecule has 1 atom stereocenters. The third-order valence-electron chi connectivity index (χ3n) is 4.26. The maximum Gasteiger partial charge on any atom is 0.309 e. The number of esters is 1. The lowest BCUT2D eigenvalue weighted by Gasteiger charge is -2.37. The predicted octanol–water partition coefficient (Wildman–Crippen LogP) is 1.68. The van der Waals surface area contributed by atoms with Crippen molar-refractivity contribution in [1.29, 1.82) is 0 Å². The lowest BCUT2D eigenvalue weighted by atomic mass is 9.83. The summed E-state index contributed by atoms with van der Waals surface area (Å²) in [7, 11) is 0. The van der Waals surface area contributed by atoms with E-state index in [2.05, 4.69) is 5.32 Å². The van der Waals surface area contributed by atoms with Gasteiger partial charge in [-0.1, -0.05) is 0 Å². The minimum atomic E-state index is -0.412. The molecule has 4 heteroatoms. The van der Waals surface area contributed by atoms with Gasteiger partial charge in [-0.3, -0.25) is 9.59 Å². The quantitative estimate of drug-likeness (QED) is 0.777. The molecule has 1 saturated heterocycles. The van der Waals surface area contributed by atoms with Crippen LogP contribution in [0.5, 0.6) is 0 Å². The van der Waals surface area contributed by atoms with Gasteiger partial charge in [0, 0.05) is 18.8 Å². The van der Waals surface area contributed by atoms with Crippen molar-refractivity contribution in [3.63, 3.8) is 0 Å². The Morgan fingerprint density at radius 2 is 1.94 bits per heavy atom. The molecule has 1 aliphatic carbocycles. The number of nitrogens with one attached hydrogen (secondary N) is 1. The smallest absolute Gasteiger partial charge is 0.309 e. The van der Waals surface area contributed by atoms with Crippen molar-refractivity contribution in [2.45, 2.75) is 51.6 Å². The van der Waals surface area contributed by atoms with Crippen LogP contribution in [0.15, 0.2) is 0 Å². The molecule has 2 rings (SSSR count). The van der Waals surface area contributed by atoms with Crippen LogP contribution < -0.4 is 5.32 Å². The highest BCUT2D eigenvalue weighted by molar-refractivity contribution is 5.87. The van der Waals surface area contributed by atoms with Crippen LogP contribution in [-0.4, -0.2) is 30.4 Å². The summed E-state index contributed by atoms with van der Waals surface area (Å²) in [6, 6.07) is 0. The van der Waals surface area contributed by atoms with Crippen molar-refractivity contribution in [3.8, 4) is 0 Å². The average Bonchev–Trinajstić information content (AvgIpc) is 2.77. The van der Waals surface area contributed by atoms with Crippen LogP contribution in [0.25, 0.3) is 0 Å². The Balaban J connectivity index is 1.90. The fourth-order valence-electron chi connectivity index (χ4n) is 2.96. The topological polar surface area (TPSA) is 55.4 Å². The second-order valence-electron chi connectivity index (χ2n) is 6.03. The molecule has 0 spiro atoms. The van der Waals surface area contributed by atoms with Gasteiger partial charge in [0.05, 0.1) is 5.92 Å². The lowest BCUT2D eigenvalue weighted by molar-refractivity contribution is -0.168. The van der Waals surface area contributed by atoms with Crippen LogP contribution in [0.1, 0.15) is 46.0 Å². The number of carbonyl (C=O) groups is 2. The van der Waals surface area contributed by atoms with Gasteiger partial charge >= 0.3 is 5.97 Å². The lowest BCUT2D eigenvalue weighted by Crippen LogP contribution is -2.43. The SMILES string of the molecule is CC(C)(OC(=O)C1CCC(=O)C1)C1CCNCC1. The number of hydrogen-bond acceptors (Lipinski definition) is 4. The molecule has 18 heavy (non-hydrogen) atoms. The van der Waals surface area contributed by atoms with Gasteiger partial charge in [-0.25, -0.2) is 0 Å². The Kier molecular flexibility index (Phi) is 4.05. The summed E-state index contributed by atoms with van der Waals surface area (Å²) >= 11 is 0. The molecule has 0 aromatic rings. The summed E-state index contributed by atoms with van der Waals surface area (Å²) in [5.41, 5.74) is -0.412. The van der Waals surface area contributed by atoms with E-state index in [9.17, 15) is 9.59 Å². The van der Waals surface area contributed by atoms with E-state index >= 15 is 0 Å². The van der Waals surface area contributed by atoms with E-state index in [-0.39, 0.29) is 17.7 Å². The molecule has 0 aromatic heterocycles. The zero-order valence-electron chi connectivity index (χ0n) is 11.3. The molecular weight excluding hydrogens is 230 g/mol. The van der Waals surface area contributed by atoms with Crippen molar-refractivity contribution < 1.29 is 14.3 Å². The molecule has 1 unspecified atom stereocenters. The average molecular weight is 253 g/mol. The van der Waals surface area contributed by atoms with Gasteiger partial charge in [0.1, 0.15) is 11.4 Å². The van der Waals surface area contributed by atoms with Gasteiger partial charge in [0.15, 0.2) is 0 Å². The van der Waals surface area contributed by atoms with Crippen LogP contribution in [-0.2, 0) is 14.3 Å². The molecular formula is C14H23NO3. The minimum absolute atomic E-state index is 0.176. The first-order valence-corrected chi connectivity index (χ1v) is 6.94. The van der Waals surface area contributed by atoms with E-state index in [0.29, 0.717) is 25.2 Å². The van der Waals surface area contributed by atoms with Gasteiger partial charge in [0.2, 0.25) is 0 Å². The van der Waals surface area contributed by atoms with Crippen LogP contribution in [0, 0.1) is 11.8 Å². The molecule has 0 radical (unpaired) electrons. The summed E-state index contributed by atoms with van der Waals surface area (Å²) in [6.07, 6.45) is 3.67. The Hall–Kier alpha value is -0.900. The largest absolute Gasteiger partial charge is 0.459 e. The maximum atomic E-state index is 12.1. The van der Waals surface area contributed by atoms with Crippen LogP contribution in [0.2, 0.25) is 0 Å². The van der Waals surface area contributed by atoms with E-state index in [1.54, 1.807) is 0 Å². The zero-order valence-corrected chi connectivity index (χ0v) is 11.3. The second-order valence-corrected chi connectivity index (χ2v) is 6.03. The molecule has 0 amide bonds.